The molecule has 1 aliphatic rings. The smallest absolute Gasteiger partial charge is 0.321 e. The molecule has 1 atom stereocenters. The number of esters is 1. The summed E-state index contributed by atoms with van der Waals surface area (Å²) in [5.74, 6) is -0.955. The predicted molar refractivity (Wildman–Crippen MR) is 115 cm³/mol. The molecule has 10 heteroatoms. The summed E-state index contributed by atoms with van der Waals surface area (Å²) in [6, 6.07) is 4.87. The third kappa shape index (κ3) is 7.44. The van der Waals surface area contributed by atoms with Gasteiger partial charge in [0.25, 0.3) is 5.91 Å². The van der Waals surface area contributed by atoms with Crippen LogP contribution in [-0.4, -0.2) is 68.2 Å². The molecule has 0 aromatic heterocycles. The van der Waals surface area contributed by atoms with Gasteiger partial charge in [0.05, 0.1) is 20.1 Å². The third-order valence-corrected chi connectivity index (χ3v) is 4.75. The summed E-state index contributed by atoms with van der Waals surface area (Å²) in [6.45, 7) is 5.37. The van der Waals surface area contributed by atoms with Crippen LogP contribution in [0.3, 0.4) is 0 Å². The molecule has 2 rings (SSSR count). The lowest BCUT2D eigenvalue weighted by Gasteiger charge is -2.20. The second kappa shape index (κ2) is 10.8. The molecular weight excluding hydrogens is 418 g/mol. The number of nitrogens with one attached hydrogen (secondary N) is 2. The molecule has 1 saturated heterocycles. The van der Waals surface area contributed by atoms with Crippen LogP contribution in [0.5, 0.6) is 11.5 Å². The molecule has 0 saturated carbocycles. The van der Waals surface area contributed by atoms with Crippen molar-refractivity contribution < 1.29 is 33.4 Å². The summed E-state index contributed by atoms with van der Waals surface area (Å²) in [6.07, 6.45) is 0.607. The average molecular weight is 450 g/mol. The van der Waals surface area contributed by atoms with Crippen molar-refractivity contribution in [2.24, 2.45) is 5.92 Å². The van der Waals surface area contributed by atoms with Gasteiger partial charge in [-0.1, -0.05) is 6.07 Å². The largest absolute Gasteiger partial charge is 0.493 e. The number of nitrogens with zero attached hydrogens (tertiary/aromatic N) is 1. The highest BCUT2D eigenvalue weighted by Crippen LogP contribution is 2.28. The molecule has 1 fully saturated rings. The van der Waals surface area contributed by atoms with Gasteiger partial charge < -0.3 is 24.4 Å². The third-order valence-electron chi connectivity index (χ3n) is 4.75. The van der Waals surface area contributed by atoms with Gasteiger partial charge >= 0.3 is 12.0 Å². The van der Waals surface area contributed by atoms with Crippen molar-refractivity contribution in [3.8, 4) is 11.5 Å². The van der Waals surface area contributed by atoms with E-state index in [0.717, 1.165) is 5.56 Å². The Bertz CT molecular complexity index is 864. The molecule has 1 aromatic rings. The summed E-state index contributed by atoms with van der Waals surface area (Å²) < 4.78 is 15.5. The van der Waals surface area contributed by atoms with Gasteiger partial charge in [0.1, 0.15) is 0 Å². The Labute approximate surface area is 187 Å². The molecule has 4 amide bonds. The summed E-state index contributed by atoms with van der Waals surface area (Å²) in [4.78, 5) is 49.6. The van der Waals surface area contributed by atoms with E-state index in [1.54, 1.807) is 46.0 Å². The number of benzene rings is 1. The Morgan fingerprint density at radius 2 is 1.81 bits per heavy atom. The summed E-state index contributed by atoms with van der Waals surface area (Å²) in [5.41, 5.74) is 0.456. The van der Waals surface area contributed by atoms with Gasteiger partial charge in [-0.3, -0.25) is 19.7 Å². The fourth-order valence-corrected chi connectivity index (χ4v) is 3.24. The standard InChI is InChI=1S/C22H31N3O7/c1-22(2,3)24-21(29)23-18(26)13-32-20(28)15-11-19(27)25(12-15)9-8-14-6-7-16(30-4)17(10-14)31-5/h6-7,10,15H,8-9,11-13H2,1-5H3,(H2,23,24,26,29)/t15-/m1/s1. The minimum absolute atomic E-state index is 0.0247. The molecule has 0 aliphatic carbocycles. The van der Waals surface area contributed by atoms with E-state index in [4.69, 9.17) is 14.2 Å². The van der Waals surface area contributed by atoms with Crippen LogP contribution in [0.1, 0.15) is 32.8 Å². The Kier molecular flexibility index (Phi) is 8.45. The van der Waals surface area contributed by atoms with E-state index in [2.05, 4.69) is 10.6 Å². The Morgan fingerprint density at radius 3 is 2.44 bits per heavy atom. The SMILES string of the molecule is COc1ccc(CCN2C[C@H](C(=O)OCC(=O)NC(=O)NC(C)(C)C)CC2=O)cc1OC. The maximum Gasteiger partial charge on any atom is 0.321 e. The van der Waals surface area contributed by atoms with Gasteiger partial charge in [-0.15, -0.1) is 0 Å². The summed E-state index contributed by atoms with van der Waals surface area (Å²) in [7, 11) is 3.11. The first-order valence-electron chi connectivity index (χ1n) is 10.3. The van der Waals surface area contributed by atoms with E-state index in [-0.39, 0.29) is 18.9 Å². The van der Waals surface area contributed by atoms with Gasteiger partial charge in [0.2, 0.25) is 5.91 Å². The topological polar surface area (TPSA) is 123 Å². The van der Waals surface area contributed by atoms with Crippen LogP contribution in [0.15, 0.2) is 18.2 Å². The second-order valence-corrected chi connectivity index (χ2v) is 8.54. The number of carbonyl (C=O) groups is 4. The zero-order valence-corrected chi connectivity index (χ0v) is 19.1. The van der Waals surface area contributed by atoms with Gasteiger partial charge in [-0.25, -0.2) is 4.79 Å². The summed E-state index contributed by atoms with van der Waals surface area (Å²) >= 11 is 0. The Hall–Kier alpha value is -3.30. The number of amides is 4. The van der Waals surface area contributed by atoms with Gasteiger partial charge in [-0.05, 0) is 44.9 Å². The Balaban J connectivity index is 1.80. The van der Waals surface area contributed by atoms with E-state index in [1.165, 1.54) is 0 Å². The highest BCUT2D eigenvalue weighted by molar-refractivity contribution is 5.96. The van der Waals surface area contributed by atoms with E-state index in [9.17, 15) is 19.2 Å². The Morgan fingerprint density at radius 1 is 1.12 bits per heavy atom. The lowest BCUT2D eigenvalue weighted by atomic mass is 10.1. The maximum absolute atomic E-state index is 12.3. The highest BCUT2D eigenvalue weighted by Gasteiger charge is 2.35. The number of carbonyl (C=O) groups excluding carboxylic acids is 4. The monoisotopic (exact) mass is 449 g/mol. The maximum atomic E-state index is 12.3. The fraction of sp³-hybridized carbons (Fsp3) is 0.545. The number of hydrogen-bond acceptors (Lipinski definition) is 7. The molecule has 0 bridgehead atoms. The number of likely N-dealkylation sites (tertiary alicyclic amines) is 1. The molecule has 0 radical (unpaired) electrons. The average Bonchev–Trinajstić information content (AvgIpc) is 3.09. The summed E-state index contributed by atoms with van der Waals surface area (Å²) in [5, 5.41) is 4.66. The molecule has 1 aliphatic heterocycles. The first kappa shape index (κ1) is 25.0. The molecule has 32 heavy (non-hydrogen) atoms. The number of hydrogen-bond donors (Lipinski definition) is 2. The minimum atomic E-state index is -0.741. The van der Waals surface area contributed by atoms with E-state index >= 15 is 0 Å². The quantitative estimate of drug-likeness (QED) is 0.573. The van der Waals surface area contributed by atoms with Crippen molar-refractivity contribution in [2.45, 2.75) is 39.2 Å². The zero-order chi connectivity index (χ0) is 23.9. The number of ether oxygens (including phenoxy) is 3. The van der Waals surface area contributed by atoms with Crippen LogP contribution in [0.2, 0.25) is 0 Å². The van der Waals surface area contributed by atoms with Crippen molar-refractivity contribution in [3.05, 3.63) is 23.8 Å². The lowest BCUT2D eigenvalue weighted by Crippen LogP contribution is -2.49. The van der Waals surface area contributed by atoms with Crippen LogP contribution >= 0.6 is 0 Å². The molecular formula is C22H31N3O7. The normalized spacial score (nSPS) is 15.8. The molecule has 176 valence electrons. The van der Waals surface area contributed by atoms with Crippen LogP contribution in [0, 0.1) is 5.92 Å². The predicted octanol–water partition coefficient (Wildman–Crippen LogP) is 1.26. The minimum Gasteiger partial charge on any atom is -0.493 e. The van der Waals surface area contributed by atoms with Crippen LogP contribution in [0.4, 0.5) is 4.79 Å². The lowest BCUT2D eigenvalue weighted by molar-refractivity contribution is -0.152. The first-order chi connectivity index (χ1) is 15.0. The second-order valence-electron chi connectivity index (χ2n) is 8.54. The van der Waals surface area contributed by atoms with Crippen molar-refractivity contribution in [3.63, 3.8) is 0 Å². The molecule has 1 aromatic carbocycles. The molecule has 0 unspecified atom stereocenters. The zero-order valence-electron chi connectivity index (χ0n) is 19.1. The van der Waals surface area contributed by atoms with Crippen molar-refractivity contribution in [1.29, 1.82) is 0 Å². The fourth-order valence-electron chi connectivity index (χ4n) is 3.24. The number of methoxy groups -OCH3 is 2. The molecule has 2 N–H and O–H groups in total. The molecule has 0 spiro atoms. The van der Waals surface area contributed by atoms with Gasteiger partial charge in [0.15, 0.2) is 18.1 Å². The van der Waals surface area contributed by atoms with Crippen LogP contribution < -0.4 is 20.1 Å². The van der Waals surface area contributed by atoms with Crippen LogP contribution in [-0.2, 0) is 25.5 Å². The van der Waals surface area contributed by atoms with E-state index < -0.39 is 36.0 Å². The van der Waals surface area contributed by atoms with Crippen molar-refractivity contribution in [1.82, 2.24) is 15.5 Å². The van der Waals surface area contributed by atoms with Crippen LogP contribution in [0.25, 0.3) is 0 Å². The number of rotatable bonds is 8. The highest BCUT2D eigenvalue weighted by atomic mass is 16.5. The van der Waals surface area contributed by atoms with Gasteiger partial charge in [0, 0.05) is 25.0 Å². The van der Waals surface area contributed by atoms with E-state index in [0.29, 0.717) is 24.5 Å². The first-order valence-corrected chi connectivity index (χ1v) is 10.3. The van der Waals surface area contributed by atoms with Gasteiger partial charge in [-0.2, -0.15) is 0 Å². The number of imide groups is 1. The van der Waals surface area contributed by atoms with Crippen molar-refractivity contribution >= 4 is 23.8 Å². The molecule has 10 nitrogen and oxygen atoms in total. The molecule has 1 heterocycles. The van der Waals surface area contributed by atoms with Crippen molar-refractivity contribution in [2.75, 3.05) is 33.9 Å². The van der Waals surface area contributed by atoms with E-state index in [1.807, 2.05) is 12.1 Å². The number of urea groups is 1.